The number of nitrogens with zero attached hydrogens (tertiary/aromatic N) is 4. The Kier molecular flexibility index (Phi) is 3.00. The van der Waals surface area contributed by atoms with Crippen LogP contribution in [-0.4, -0.2) is 41.0 Å². The van der Waals surface area contributed by atoms with Crippen LogP contribution in [0.25, 0.3) is 11.4 Å². The number of likely N-dealkylation sites (N-methyl/N-ethyl adjacent to an activating group) is 1. The molecule has 0 saturated carbocycles. The molecule has 6 nitrogen and oxygen atoms in total. The summed E-state index contributed by atoms with van der Waals surface area (Å²) in [7, 11) is 2.05. The quantitative estimate of drug-likeness (QED) is 0.883. The average Bonchev–Trinajstić information content (AvgIpc) is 3.07. The van der Waals surface area contributed by atoms with Gasteiger partial charge >= 0.3 is 0 Å². The maximum Gasteiger partial charge on any atom is 0.240 e. The van der Waals surface area contributed by atoms with Gasteiger partial charge in [-0.1, -0.05) is 29.4 Å². The Morgan fingerprint density at radius 1 is 1.26 bits per heavy atom. The maximum atomic E-state index is 5.45. The molecule has 1 aromatic carbocycles. The number of rotatable bonds is 3. The Morgan fingerprint density at radius 3 is 2.58 bits per heavy atom. The van der Waals surface area contributed by atoms with Crippen molar-refractivity contribution in [2.24, 2.45) is 10.7 Å². The second-order valence-corrected chi connectivity index (χ2v) is 4.42. The standard InChI is InChI=1S/C13H15N5O/c1-18-7-6-15-13(18)10-4-2-9(3-5-10)12-16-11(8-14)19-17-12/h2-5H,6-8,14H2,1H3. The minimum atomic E-state index is 0.257. The number of nitrogens with two attached hydrogens (primary N) is 1. The zero-order chi connectivity index (χ0) is 13.2. The van der Waals surface area contributed by atoms with E-state index in [0.717, 1.165) is 30.1 Å². The van der Waals surface area contributed by atoms with Crippen LogP contribution in [0.2, 0.25) is 0 Å². The van der Waals surface area contributed by atoms with Gasteiger partial charge in [0.2, 0.25) is 11.7 Å². The van der Waals surface area contributed by atoms with Crippen molar-refractivity contribution in [1.82, 2.24) is 15.0 Å². The minimum Gasteiger partial charge on any atom is -0.358 e. The number of hydrogen-bond donors (Lipinski definition) is 1. The van der Waals surface area contributed by atoms with Crippen molar-refractivity contribution < 1.29 is 4.52 Å². The molecule has 19 heavy (non-hydrogen) atoms. The third-order valence-electron chi connectivity index (χ3n) is 3.10. The van der Waals surface area contributed by atoms with E-state index >= 15 is 0 Å². The van der Waals surface area contributed by atoms with E-state index < -0.39 is 0 Å². The second-order valence-electron chi connectivity index (χ2n) is 4.42. The van der Waals surface area contributed by atoms with Crippen LogP contribution in [0, 0.1) is 0 Å². The molecule has 6 heteroatoms. The summed E-state index contributed by atoms with van der Waals surface area (Å²) < 4.78 is 5.00. The molecule has 1 aliphatic rings. The highest BCUT2D eigenvalue weighted by atomic mass is 16.5. The fraction of sp³-hybridized carbons (Fsp3) is 0.308. The molecule has 98 valence electrons. The van der Waals surface area contributed by atoms with E-state index in [2.05, 4.69) is 20.0 Å². The highest BCUT2D eigenvalue weighted by Crippen LogP contribution is 2.18. The zero-order valence-corrected chi connectivity index (χ0v) is 10.7. The zero-order valence-electron chi connectivity index (χ0n) is 10.7. The molecule has 0 fully saturated rings. The summed E-state index contributed by atoms with van der Waals surface area (Å²) in [5, 5.41) is 3.89. The Balaban J connectivity index is 1.86. The fourth-order valence-corrected chi connectivity index (χ4v) is 2.07. The van der Waals surface area contributed by atoms with E-state index in [0.29, 0.717) is 11.7 Å². The smallest absolute Gasteiger partial charge is 0.240 e. The molecule has 0 amide bonds. The molecule has 0 saturated heterocycles. The topological polar surface area (TPSA) is 80.5 Å². The van der Waals surface area contributed by atoms with E-state index in [1.165, 1.54) is 0 Å². The van der Waals surface area contributed by atoms with E-state index in [1.807, 2.05) is 31.3 Å². The number of aromatic nitrogens is 2. The lowest BCUT2D eigenvalue weighted by Crippen LogP contribution is -2.23. The molecule has 0 spiro atoms. The predicted octanol–water partition coefficient (Wildman–Crippen LogP) is 0.887. The van der Waals surface area contributed by atoms with Crippen molar-refractivity contribution in [2.75, 3.05) is 20.1 Å². The van der Waals surface area contributed by atoms with Crippen LogP contribution >= 0.6 is 0 Å². The van der Waals surface area contributed by atoms with E-state index in [9.17, 15) is 0 Å². The van der Waals surface area contributed by atoms with Crippen LogP contribution in [0.3, 0.4) is 0 Å². The largest absolute Gasteiger partial charge is 0.358 e. The number of hydrogen-bond acceptors (Lipinski definition) is 6. The Labute approximate surface area is 110 Å². The summed E-state index contributed by atoms with van der Waals surface area (Å²) in [6, 6.07) is 7.98. The second kappa shape index (κ2) is 4.81. The summed E-state index contributed by atoms with van der Waals surface area (Å²) in [6.07, 6.45) is 0. The minimum absolute atomic E-state index is 0.257. The first-order chi connectivity index (χ1) is 9.28. The monoisotopic (exact) mass is 257 g/mol. The molecule has 1 aromatic heterocycles. The first-order valence-electron chi connectivity index (χ1n) is 6.17. The summed E-state index contributed by atoms with van der Waals surface area (Å²) >= 11 is 0. The molecule has 0 radical (unpaired) electrons. The van der Waals surface area contributed by atoms with E-state index in [1.54, 1.807) is 0 Å². The molecule has 0 aliphatic carbocycles. The van der Waals surface area contributed by atoms with Crippen molar-refractivity contribution in [1.29, 1.82) is 0 Å². The predicted molar refractivity (Wildman–Crippen MR) is 71.7 cm³/mol. The van der Waals surface area contributed by atoms with Crippen molar-refractivity contribution in [3.63, 3.8) is 0 Å². The molecule has 2 N–H and O–H groups in total. The van der Waals surface area contributed by atoms with Crippen LogP contribution in [0.4, 0.5) is 0 Å². The SMILES string of the molecule is CN1CCN=C1c1ccc(-c2noc(CN)n2)cc1. The van der Waals surface area contributed by atoms with Crippen molar-refractivity contribution >= 4 is 5.84 Å². The highest BCUT2D eigenvalue weighted by molar-refractivity contribution is 5.99. The van der Waals surface area contributed by atoms with Gasteiger partial charge in [0.15, 0.2) is 0 Å². The summed E-state index contributed by atoms with van der Waals surface area (Å²) in [5.74, 6) is 2.04. The third-order valence-corrected chi connectivity index (χ3v) is 3.10. The summed E-state index contributed by atoms with van der Waals surface area (Å²) in [4.78, 5) is 10.8. The van der Waals surface area contributed by atoms with Crippen molar-refractivity contribution in [3.8, 4) is 11.4 Å². The van der Waals surface area contributed by atoms with Crippen LogP contribution in [0.15, 0.2) is 33.8 Å². The van der Waals surface area contributed by atoms with Gasteiger partial charge in [0, 0.05) is 24.7 Å². The van der Waals surface area contributed by atoms with Crippen LogP contribution in [0.1, 0.15) is 11.5 Å². The van der Waals surface area contributed by atoms with Crippen molar-refractivity contribution in [2.45, 2.75) is 6.54 Å². The molecule has 0 bridgehead atoms. The molecule has 3 rings (SSSR count). The normalized spacial score (nSPS) is 14.8. The van der Waals surface area contributed by atoms with Gasteiger partial charge < -0.3 is 15.2 Å². The summed E-state index contributed by atoms with van der Waals surface area (Å²) in [5.41, 5.74) is 7.46. The van der Waals surface area contributed by atoms with Gasteiger partial charge in [-0.25, -0.2) is 0 Å². The molecule has 0 atom stereocenters. The van der Waals surface area contributed by atoms with Crippen LogP contribution in [0.5, 0.6) is 0 Å². The number of benzene rings is 1. The fourth-order valence-electron chi connectivity index (χ4n) is 2.07. The van der Waals surface area contributed by atoms with Gasteiger partial charge in [-0.05, 0) is 0 Å². The van der Waals surface area contributed by atoms with Gasteiger partial charge in [-0.3, -0.25) is 4.99 Å². The molecule has 0 unspecified atom stereocenters. The number of aliphatic imine (C=N–C) groups is 1. The first-order valence-corrected chi connectivity index (χ1v) is 6.17. The van der Waals surface area contributed by atoms with Crippen molar-refractivity contribution in [3.05, 3.63) is 35.7 Å². The maximum absolute atomic E-state index is 5.45. The number of amidine groups is 1. The Bertz CT molecular complexity index is 602. The highest BCUT2D eigenvalue weighted by Gasteiger charge is 2.15. The lowest BCUT2D eigenvalue weighted by atomic mass is 10.1. The summed E-state index contributed by atoms with van der Waals surface area (Å²) in [6.45, 7) is 2.09. The van der Waals surface area contributed by atoms with E-state index in [4.69, 9.17) is 10.3 Å². The van der Waals surface area contributed by atoms with Crippen LogP contribution < -0.4 is 5.73 Å². The third kappa shape index (κ3) is 2.22. The molecule has 2 aromatic rings. The Morgan fingerprint density at radius 2 is 2.00 bits per heavy atom. The molecular formula is C13H15N5O. The Hall–Kier alpha value is -2.21. The van der Waals surface area contributed by atoms with Gasteiger partial charge in [0.1, 0.15) is 5.84 Å². The van der Waals surface area contributed by atoms with Gasteiger partial charge in [-0.2, -0.15) is 4.98 Å². The first kappa shape index (κ1) is 11.9. The van der Waals surface area contributed by atoms with E-state index in [-0.39, 0.29) is 6.54 Å². The molecular weight excluding hydrogens is 242 g/mol. The van der Waals surface area contributed by atoms with Crippen LogP contribution in [-0.2, 0) is 6.54 Å². The van der Waals surface area contributed by atoms with Gasteiger partial charge in [0.25, 0.3) is 0 Å². The average molecular weight is 257 g/mol. The lowest BCUT2D eigenvalue weighted by molar-refractivity contribution is 0.380. The van der Waals surface area contributed by atoms with Gasteiger partial charge in [-0.15, -0.1) is 0 Å². The lowest BCUT2D eigenvalue weighted by Gasteiger charge is -2.13. The van der Waals surface area contributed by atoms with Gasteiger partial charge in [0.05, 0.1) is 13.1 Å². The molecule has 2 heterocycles. The molecule has 1 aliphatic heterocycles.